The zero-order valence-corrected chi connectivity index (χ0v) is 11.1. The minimum atomic E-state index is 0.482. The van der Waals surface area contributed by atoms with Gasteiger partial charge < -0.3 is 4.90 Å². The summed E-state index contributed by atoms with van der Waals surface area (Å²) in [5.41, 5.74) is 2.48. The molecule has 1 heterocycles. The lowest BCUT2D eigenvalue weighted by molar-refractivity contribution is 0.124. The van der Waals surface area contributed by atoms with Gasteiger partial charge in [-0.15, -0.1) is 0 Å². The number of benzene rings is 1. The van der Waals surface area contributed by atoms with Crippen molar-refractivity contribution in [3.63, 3.8) is 0 Å². The molecule has 0 saturated carbocycles. The van der Waals surface area contributed by atoms with Gasteiger partial charge in [0.1, 0.15) is 0 Å². The average molecular weight is 249 g/mol. The van der Waals surface area contributed by atoms with Crippen LogP contribution in [0.3, 0.4) is 0 Å². The van der Waals surface area contributed by atoms with E-state index < -0.39 is 0 Å². The standard InChI is InChI=1S/C14H23N3O/c1-2-16-7-9-17(10-8-16)11-13-3-5-14(6-4-13)12-18-15/h3-6H,2,7-12,15H2,1H3. The zero-order chi connectivity index (χ0) is 12.8. The molecule has 0 aromatic heterocycles. The third-order valence-electron chi connectivity index (χ3n) is 3.59. The second-order valence-electron chi connectivity index (χ2n) is 4.84. The quantitative estimate of drug-likeness (QED) is 0.797. The van der Waals surface area contributed by atoms with Crippen molar-refractivity contribution < 1.29 is 4.84 Å². The topological polar surface area (TPSA) is 41.7 Å². The fourth-order valence-corrected chi connectivity index (χ4v) is 2.36. The fourth-order valence-electron chi connectivity index (χ4n) is 2.36. The van der Waals surface area contributed by atoms with Gasteiger partial charge in [-0.3, -0.25) is 9.74 Å². The van der Waals surface area contributed by atoms with E-state index in [1.54, 1.807) is 0 Å². The Kier molecular flexibility index (Phi) is 5.13. The van der Waals surface area contributed by atoms with E-state index in [9.17, 15) is 0 Å². The molecule has 100 valence electrons. The first kappa shape index (κ1) is 13.5. The van der Waals surface area contributed by atoms with Crippen molar-refractivity contribution in [1.29, 1.82) is 0 Å². The maximum atomic E-state index is 5.06. The number of likely N-dealkylation sites (N-methyl/N-ethyl adjacent to an activating group) is 1. The number of hydrogen-bond donors (Lipinski definition) is 1. The summed E-state index contributed by atoms with van der Waals surface area (Å²) in [6.45, 7) is 9.64. The monoisotopic (exact) mass is 249 g/mol. The summed E-state index contributed by atoms with van der Waals surface area (Å²) < 4.78 is 0. The summed E-state index contributed by atoms with van der Waals surface area (Å²) in [6.07, 6.45) is 0. The van der Waals surface area contributed by atoms with Crippen LogP contribution in [0.25, 0.3) is 0 Å². The summed E-state index contributed by atoms with van der Waals surface area (Å²) in [6, 6.07) is 8.51. The normalized spacial score (nSPS) is 18.1. The summed E-state index contributed by atoms with van der Waals surface area (Å²) in [4.78, 5) is 9.64. The van der Waals surface area contributed by atoms with Gasteiger partial charge >= 0.3 is 0 Å². The van der Waals surface area contributed by atoms with E-state index in [-0.39, 0.29) is 0 Å². The summed E-state index contributed by atoms with van der Waals surface area (Å²) in [5, 5.41) is 0. The lowest BCUT2D eigenvalue weighted by Crippen LogP contribution is -2.45. The van der Waals surface area contributed by atoms with Gasteiger partial charge in [-0.1, -0.05) is 31.2 Å². The maximum Gasteiger partial charge on any atom is 0.0930 e. The maximum absolute atomic E-state index is 5.06. The zero-order valence-electron chi connectivity index (χ0n) is 11.1. The van der Waals surface area contributed by atoms with Gasteiger partial charge in [-0.25, -0.2) is 5.90 Å². The van der Waals surface area contributed by atoms with E-state index in [1.807, 2.05) is 0 Å². The Morgan fingerprint density at radius 3 is 2.11 bits per heavy atom. The Morgan fingerprint density at radius 2 is 1.56 bits per heavy atom. The first-order valence-corrected chi connectivity index (χ1v) is 6.66. The number of rotatable bonds is 5. The van der Waals surface area contributed by atoms with Gasteiger partial charge in [0.25, 0.3) is 0 Å². The first-order valence-electron chi connectivity index (χ1n) is 6.66. The molecule has 1 fully saturated rings. The molecule has 0 spiro atoms. The first-order chi connectivity index (χ1) is 8.81. The molecule has 18 heavy (non-hydrogen) atoms. The predicted octanol–water partition coefficient (Wildman–Crippen LogP) is 1.21. The van der Waals surface area contributed by atoms with Crippen LogP contribution in [0.5, 0.6) is 0 Å². The van der Waals surface area contributed by atoms with Crippen molar-refractivity contribution in [3.05, 3.63) is 35.4 Å². The number of hydrogen-bond acceptors (Lipinski definition) is 4. The minimum Gasteiger partial charge on any atom is -0.301 e. The molecule has 0 bridgehead atoms. The van der Waals surface area contributed by atoms with Gasteiger partial charge in [-0.05, 0) is 17.7 Å². The Balaban J connectivity index is 1.82. The molecule has 0 atom stereocenters. The third kappa shape index (κ3) is 3.78. The second-order valence-corrected chi connectivity index (χ2v) is 4.84. The summed E-state index contributed by atoms with van der Waals surface area (Å²) >= 11 is 0. The van der Waals surface area contributed by atoms with Crippen LogP contribution in [0.1, 0.15) is 18.1 Å². The van der Waals surface area contributed by atoms with Gasteiger partial charge in [0.2, 0.25) is 0 Å². The molecule has 1 aliphatic heterocycles. The van der Waals surface area contributed by atoms with E-state index in [0.717, 1.165) is 12.1 Å². The Hall–Kier alpha value is -0.940. The van der Waals surface area contributed by atoms with Crippen molar-refractivity contribution in [1.82, 2.24) is 9.80 Å². The molecule has 1 aliphatic rings. The van der Waals surface area contributed by atoms with E-state index in [1.165, 1.54) is 38.3 Å². The molecule has 0 aliphatic carbocycles. The third-order valence-corrected chi connectivity index (χ3v) is 3.59. The van der Waals surface area contributed by atoms with Gasteiger partial charge in [0.15, 0.2) is 0 Å². The molecule has 2 rings (SSSR count). The Labute approximate surface area is 109 Å². The van der Waals surface area contributed by atoms with Crippen LogP contribution >= 0.6 is 0 Å². The molecule has 4 heteroatoms. The molecule has 4 nitrogen and oxygen atoms in total. The molecule has 1 aromatic carbocycles. The summed E-state index contributed by atoms with van der Waals surface area (Å²) in [7, 11) is 0. The van der Waals surface area contributed by atoms with Crippen LogP contribution in [-0.4, -0.2) is 42.5 Å². The van der Waals surface area contributed by atoms with Gasteiger partial charge in [0, 0.05) is 32.7 Å². The van der Waals surface area contributed by atoms with Crippen LogP contribution in [0.4, 0.5) is 0 Å². The highest BCUT2D eigenvalue weighted by molar-refractivity contribution is 5.22. The highest BCUT2D eigenvalue weighted by atomic mass is 16.6. The minimum absolute atomic E-state index is 0.482. The highest BCUT2D eigenvalue weighted by Gasteiger charge is 2.15. The molecule has 0 amide bonds. The van der Waals surface area contributed by atoms with Crippen molar-refractivity contribution >= 4 is 0 Å². The molecule has 0 radical (unpaired) electrons. The second kappa shape index (κ2) is 6.85. The van der Waals surface area contributed by atoms with Crippen LogP contribution in [-0.2, 0) is 18.0 Å². The predicted molar refractivity (Wildman–Crippen MR) is 72.8 cm³/mol. The van der Waals surface area contributed by atoms with Crippen molar-refractivity contribution in [2.24, 2.45) is 5.90 Å². The van der Waals surface area contributed by atoms with Crippen molar-refractivity contribution in [2.75, 3.05) is 32.7 Å². The molecular formula is C14H23N3O. The van der Waals surface area contributed by atoms with E-state index in [2.05, 4.69) is 45.8 Å². The summed E-state index contributed by atoms with van der Waals surface area (Å²) in [5.74, 6) is 5.06. The van der Waals surface area contributed by atoms with Gasteiger partial charge in [0.05, 0.1) is 6.61 Å². The average Bonchev–Trinajstić information content (AvgIpc) is 2.42. The fraction of sp³-hybridized carbons (Fsp3) is 0.571. The number of nitrogens with zero attached hydrogens (tertiary/aromatic N) is 2. The lowest BCUT2D eigenvalue weighted by atomic mass is 10.1. The van der Waals surface area contributed by atoms with E-state index in [4.69, 9.17) is 5.90 Å². The smallest absolute Gasteiger partial charge is 0.0930 e. The highest BCUT2D eigenvalue weighted by Crippen LogP contribution is 2.10. The molecule has 1 aromatic rings. The van der Waals surface area contributed by atoms with E-state index in [0.29, 0.717) is 6.61 Å². The molecule has 2 N–H and O–H groups in total. The molecule has 0 unspecified atom stereocenters. The van der Waals surface area contributed by atoms with Crippen molar-refractivity contribution in [2.45, 2.75) is 20.1 Å². The van der Waals surface area contributed by atoms with Crippen LogP contribution in [0, 0.1) is 0 Å². The Morgan fingerprint density at radius 1 is 1.00 bits per heavy atom. The largest absolute Gasteiger partial charge is 0.301 e. The number of piperazine rings is 1. The Bertz CT molecular complexity index is 345. The number of nitrogens with two attached hydrogens (primary N) is 1. The molecule has 1 saturated heterocycles. The van der Waals surface area contributed by atoms with Crippen LogP contribution in [0.15, 0.2) is 24.3 Å². The van der Waals surface area contributed by atoms with Crippen LogP contribution in [0.2, 0.25) is 0 Å². The van der Waals surface area contributed by atoms with E-state index >= 15 is 0 Å². The van der Waals surface area contributed by atoms with Crippen LogP contribution < -0.4 is 5.90 Å². The lowest BCUT2D eigenvalue weighted by Gasteiger charge is -2.34. The SMILES string of the molecule is CCN1CCN(Cc2ccc(CON)cc2)CC1. The van der Waals surface area contributed by atoms with Gasteiger partial charge in [-0.2, -0.15) is 0 Å². The molecular weight excluding hydrogens is 226 g/mol. The van der Waals surface area contributed by atoms with Crippen molar-refractivity contribution in [3.8, 4) is 0 Å².